The van der Waals surface area contributed by atoms with Crippen LogP contribution in [0, 0.1) is 5.92 Å². The van der Waals surface area contributed by atoms with Gasteiger partial charge in [-0.15, -0.1) is 0 Å². The lowest BCUT2D eigenvalue weighted by Crippen LogP contribution is -2.61. The zero-order valence-corrected chi connectivity index (χ0v) is 22.8. The van der Waals surface area contributed by atoms with Crippen molar-refractivity contribution in [2.24, 2.45) is 5.92 Å². The first kappa shape index (κ1) is 26.3. The Hall–Kier alpha value is -3.36. The second-order valence-corrected chi connectivity index (χ2v) is 11.1. The molecule has 0 aliphatic carbocycles. The molecule has 0 spiro atoms. The molecular weight excluding hydrogens is 478 g/mol. The number of para-hydroxylation sites is 1. The first-order valence-electron chi connectivity index (χ1n) is 14.2. The number of carbonyl (C=O) groups excluding carboxylic acids is 2. The number of amides is 3. The van der Waals surface area contributed by atoms with Crippen molar-refractivity contribution in [3.63, 3.8) is 0 Å². The van der Waals surface area contributed by atoms with Crippen LogP contribution in [0.2, 0.25) is 0 Å². The number of aromatic nitrogens is 2. The van der Waals surface area contributed by atoms with Gasteiger partial charge in [-0.1, -0.05) is 18.2 Å². The Morgan fingerprint density at radius 3 is 2.16 bits per heavy atom. The number of likely N-dealkylation sites (tertiary alicyclic amines) is 1. The van der Waals surface area contributed by atoms with Gasteiger partial charge in [0, 0.05) is 76.0 Å². The van der Waals surface area contributed by atoms with Gasteiger partial charge in [0.05, 0.1) is 5.56 Å². The van der Waals surface area contributed by atoms with Crippen LogP contribution < -0.4 is 15.1 Å². The maximum atomic E-state index is 13.1. The second-order valence-electron chi connectivity index (χ2n) is 11.1. The van der Waals surface area contributed by atoms with Gasteiger partial charge in [-0.25, -0.2) is 14.8 Å². The van der Waals surface area contributed by atoms with Gasteiger partial charge in [0.1, 0.15) is 0 Å². The number of carbonyl (C=O) groups is 2. The van der Waals surface area contributed by atoms with Crippen molar-refractivity contribution in [1.29, 1.82) is 0 Å². The Labute approximate surface area is 226 Å². The fourth-order valence-corrected chi connectivity index (χ4v) is 6.18. The number of nitrogens with zero attached hydrogens (tertiary/aromatic N) is 6. The van der Waals surface area contributed by atoms with E-state index < -0.39 is 0 Å². The van der Waals surface area contributed by atoms with Crippen LogP contribution >= 0.6 is 0 Å². The summed E-state index contributed by atoms with van der Waals surface area (Å²) in [5.41, 5.74) is 1.85. The van der Waals surface area contributed by atoms with Crippen LogP contribution in [0.5, 0.6) is 0 Å². The molecule has 3 saturated heterocycles. The zero-order chi connectivity index (χ0) is 26.5. The third kappa shape index (κ3) is 6.03. The van der Waals surface area contributed by atoms with E-state index in [0.29, 0.717) is 37.1 Å². The van der Waals surface area contributed by atoms with Crippen molar-refractivity contribution in [1.82, 2.24) is 25.1 Å². The fraction of sp³-hybridized carbons (Fsp3) is 0.586. The van der Waals surface area contributed by atoms with E-state index in [0.717, 1.165) is 45.4 Å². The predicted molar refractivity (Wildman–Crippen MR) is 150 cm³/mol. The number of piperazine rings is 1. The number of hydrogen-bond donors (Lipinski definition) is 1. The number of benzene rings is 1. The third-order valence-corrected chi connectivity index (χ3v) is 8.28. The molecule has 3 amide bonds. The highest BCUT2D eigenvalue weighted by molar-refractivity contribution is 5.93. The maximum absolute atomic E-state index is 13.1. The predicted octanol–water partition coefficient (Wildman–Crippen LogP) is 3.63. The van der Waals surface area contributed by atoms with Crippen molar-refractivity contribution in [2.45, 2.75) is 58.0 Å². The molecule has 1 N–H and O–H groups in total. The van der Waals surface area contributed by atoms with E-state index in [4.69, 9.17) is 0 Å². The van der Waals surface area contributed by atoms with Crippen LogP contribution in [0.1, 0.15) is 56.3 Å². The Morgan fingerprint density at radius 2 is 1.53 bits per heavy atom. The molecule has 3 fully saturated rings. The molecule has 0 radical (unpaired) electrons. The van der Waals surface area contributed by atoms with Crippen molar-refractivity contribution in [3.05, 3.63) is 48.3 Å². The molecule has 0 bridgehead atoms. The van der Waals surface area contributed by atoms with E-state index in [9.17, 15) is 9.59 Å². The fourth-order valence-electron chi connectivity index (χ4n) is 6.18. The number of piperidine rings is 1. The number of rotatable bonds is 6. The molecule has 5 rings (SSSR count). The van der Waals surface area contributed by atoms with Gasteiger partial charge >= 0.3 is 6.03 Å². The normalized spacial score (nSPS) is 22.6. The maximum Gasteiger partial charge on any atom is 0.318 e. The highest BCUT2D eigenvalue weighted by Gasteiger charge is 2.34. The summed E-state index contributed by atoms with van der Waals surface area (Å²) in [7, 11) is 0. The molecule has 1 aromatic heterocycles. The minimum Gasteiger partial charge on any atom is -0.372 e. The molecule has 3 aliphatic rings. The van der Waals surface area contributed by atoms with Crippen LogP contribution in [-0.4, -0.2) is 89.6 Å². The summed E-state index contributed by atoms with van der Waals surface area (Å²) < 4.78 is 0. The monoisotopic (exact) mass is 519 g/mol. The zero-order valence-electron chi connectivity index (χ0n) is 22.8. The molecule has 2 aromatic rings. The molecule has 2 atom stereocenters. The molecule has 204 valence electrons. The molecule has 9 nitrogen and oxygen atoms in total. The van der Waals surface area contributed by atoms with Crippen LogP contribution in [0.3, 0.4) is 0 Å². The summed E-state index contributed by atoms with van der Waals surface area (Å²) in [6.07, 6.45) is 8.76. The van der Waals surface area contributed by atoms with E-state index >= 15 is 0 Å². The van der Waals surface area contributed by atoms with Gasteiger partial charge in [0.15, 0.2) is 0 Å². The average Bonchev–Trinajstić information content (AvgIpc) is 3.48. The van der Waals surface area contributed by atoms with Crippen LogP contribution in [0.25, 0.3) is 0 Å². The highest BCUT2D eigenvalue weighted by atomic mass is 16.2. The largest absolute Gasteiger partial charge is 0.372 e. The standard InChI is InChI=1S/C29H41N7O2/c1-22-20-35(28-31-18-25(19-32-28)27(37)34-14-6-7-15-34)21-23(2)36(22)29(38)30-13-10-24-11-16-33(17-12-24)26-8-4-3-5-9-26/h3-5,8-9,18-19,22-24H,6-7,10-17,20-21H2,1-2H3,(H,30,38)/t22-,23+. The summed E-state index contributed by atoms with van der Waals surface area (Å²) in [5, 5.41) is 3.19. The minimum absolute atomic E-state index is 0.0128. The van der Waals surface area contributed by atoms with Gasteiger partial charge in [-0.05, 0) is 64.0 Å². The molecule has 3 aliphatic heterocycles. The molecule has 4 heterocycles. The smallest absolute Gasteiger partial charge is 0.318 e. The highest BCUT2D eigenvalue weighted by Crippen LogP contribution is 2.25. The van der Waals surface area contributed by atoms with E-state index in [1.54, 1.807) is 12.4 Å². The summed E-state index contributed by atoms with van der Waals surface area (Å²) in [6, 6.07) is 10.7. The quantitative estimate of drug-likeness (QED) is 0.628. The van der Waals surface area contributed by atoms with Crippen molar-refractivity contribution >= 4 is 23.6 Å². The van der Waals surface area contributed by atoms with E-state index in [-0.39, 0.29) is 24.0 Å². The van der Waals surface area contributed by atoms with Crippen molar-refractivity contribution in [3.8, 4) is 0 Å². The summed E-state index contributed by atoms with van der Waals surface area (Å²) in [6.45, 7) is 9.97. The van der Waals surface area contributed by atoms with Gasteiger partial charge in [0.2, 0.25) is 5.95 Å². The average molecular weight is 520 g/mol. The number of urea groups is 1. The Balaban J connectivity index is 1.07. The molecule has 0 saturated carbocycles. The SMILES string of the molecule is C[C@@H]1CN(c2ncc(C(=O)N3CCCC3)cn2)C[C@H](C)N1C(=O)NCCC1CCN(c2ccccc2)CC1. The van der Waals surface area contributed by atoms with Crippen molar-refractivity contribution in [2.75, 3.05) is 55.6 Å². The lowest BCUT2D eigenvalue weighted by atomic mass is 9.93. The topological polar surface area (TPSA) is 84.9 Å². The molecular formula is C29H41N7O2. The number of anilines is 2. The van der Waals surface area contributed by atoms with Crippen molar-refractivity contribution < 1.29 is 9.59 Å². The Bertz CT molecular complexity index is 1050. The van der Waals surface area contributed by atoms with Gasteiger partial charge in [-0.2, -0.15) is 0 Å². The minimum atomic E-state index is 0.0128. The van der Waals surface area contributed by atoms with Crippen LogP contribution in [0.15, 0.2) is 42.7 Å². The Kier molecular flexibility index (Phi) is 8.29. The number of hydrogen-bond acceptors (Lipinski definition) is 6. The van der Waals surface area contributed by atoms with E-state index in [2.05, 4.69) is 69.3 Å². The summed E-state index contributed by atoms with van der Waals surface area (Å²) in [4.78, 5) is 43.1. The molecule has 1 aromatic carbocycles. The van der Waals surface area contributed by atoms with Gasteiger partial charge in [0.25, 0.3) is 5.91 Å². The van der Waals surface area contributed by atoms with E-state index in [1.165, 1.54) is 18.5 Å². The first-order chi connectivity index (χ1) is 18.5. The second kappa shape index (κ2) is 12.0. The summed E-state index contributed by atoms with van der Waals surface area (Å²) >= 11 is 0. The summed E-state index contributed by atoms with van der Waals surface area (Å²) in [5.74, 6) is 1.28. The lowest BCUT2D eigenvalue weighted by molar-refractivity contribution is 0.0791. The molecule has 38 heavy (non-hydrogen) atoms. The number of nitrogens with one attached hydrogen (secondary N) is 1. The van der Waals surface area contributed by atoms with Gasteiger partial charge < -0.3 is 24.9 Å². The van der Waals surface area contributed by atoms with Gasteiger partial charge in [-0.3, -0.25) is 4.79 Å². The molecule has 0 unspecified atom stereocenters. The lowest BCUT2D eigenvalue weighted by Gasteiger charge is -2.44. The third-order valence-electron chi connectivity index (χ3n) is 8.28. The Morgan fingerprint density at radius 1 is 0.895 bits per heavy atom. The molecule has 9 heteroatoms. The van der Waals surface area contributed by atoms with E-state index in [1.807, 2.05) is 9.80 Å². The van der Waals surface area contributed by atoms with Crippen LogP contribution in [0.4, 0.5) is 16.4 Å². The first-order valence-corrected chi connectivity index (χ1v) is 14.2. The van der Waals surface area contributed by atoms with Crippen LogP contribution in [-0.2, 0) is 0 Å².